The van der Waals surface area contributed by atoms with Gasteiger partial charge in [-0.15, -0.1) is 0 Å². The van der Waals surface area contributed by atoms with Gasteiger partial charge in [0.2, 0.25) is 5.91 Å². The van der Waals surface area contributed by atoms with E-state index >= 15 is 0 Å². The third-order valence-corrected chi connectivity index (χ3v) is 2.46. The molecule has 0 saturated carbocycles. The fourth-order valence-electron chi connectivity index (χ4n) is 1.18. The average molecular weight is 270 g/mol. The normalized spacial score (nSPS) is 10.2. The average Bonchev–Trinajstić information content (AvgIpc) is 2.34. The van der Waals surface area contributed by atoms with Crippen molar-refractivity contribution in [3.63, 3.8) is 0 Å². The summed E-state index contributed by atoms with van der Waals surface area (Å²) in [5.41, 5.74) is 0.260. The summed E-state index contributed by atoms with van der Waals surface area (Å²) in [4.78, 5) is 26.9. The Morgan fingerprint density at radius 2 is 2.11 bits per heavy atom. The van der Waals surface area contributed by atoms with Crippen molar-refractivity contribution in [2.45, 2.75) is 13.8 Å². The Hall–Kier alpha value is -1.62. The van der Waals surface area contributed by atoms with E-state index in [1.165, 1.54) is 18.5 Å². The van der Waals surface area contributed by atoms with Crippen LogP contribution in [-0.2, 0) is 4.79 Å². The summed E-state index contributed by atoms with van der Waals surface area (Å²) >= 11 is 5.84. The van der Waals surface area contributed by atoms with E-state index in [4.69, 9.17) is 11.6 Å². The second-order valence-electron chi connectivity index (χ2n) is 4.24. The molecule has 2 amide bonds. The van der Waals surface area contributed by atoms with E-state index in [2.05, 4.69) is 15.6 Å². The van der Waals surface area contributed by atoms with Gasteiger partial charge in [-0.25, -0.2) is 0 Å². The zero-order chi connectivity index (χ0) is 13.5. The van der Waals surface area contributed by atoms with Crippen molar-refractivity contribution in [2.24, 2.45) is 5.92 Å². The zero-order valence-corrected chi connectivity index (χ0v) is 11.1. The third kappa shape index (κ3) is 4.71. The van der Waals surface area contributed by atoms with Crippen LogP contribution >= 0.6 is 11.6 Å². The van der Waals surface area contributed by atoms with E-state index in [1.54, 1.807) is 0 Å². The number of carbonyl (C=O) groups is 2. The number of hydrogen-bond acceptors (Lipinski definition) is 3. The number of nitrogens with one attached hydrogen (secondary N) is 2. The van der Waals surface area contributed by atoms with Gasteiger partial charge in [-0.3, -0.25) is 14.6 Å². The first-order valence-electron chi connectivity index (χ1n) is 5.65. The van der Waals surface area contributed by atoms with Gasteiger partial charge in [-0.05, 0) is 12.0 Å². The topological polar surface area (TPSA) is 71.1 Å². The molecule has 0 aliphatic rings. The molecule has 0 aliphatic heterocycles. The smallest absolute Gasteiger partial charge is 0.254 e. The highest BCUT2D eigenvalue weighted by atomic mass is 35.5. The van der Waals surface area contributed by atoms with Gasteiger partial charge in [0.1, 0.15) is 0 Å². The molecule has 1 aromatic rings. The van der Waals surface area contributed by atoms with E-state index in [-0.39, 0.29) is 18.0 Å². The van der Waals surface area contributed by atoms with Crippen LogP contribution in [0.25, 0.3) is 0 Å². The molecule has 2 N–H and O–H groups in total. The minimum Gasteiger partial charge on any atom is -0.354 e. The minimum absolute atomic E-state index is 0.0726. The molecule has 5 nitrogen and oxygen atoms in total. The van der Waals surface area contributed by atoms with Crippen LogP contribution in [0.1, 0.15) is 24.2 Å². The van der Waals surface area contributed by atoms with Crippen LogP contribution in [0.15, 0.2) is 18.5 Å². The van der Waals surface area contributed by atoms with Crippen LogP contribution in [0.4, 0.5) is 0 Å². The lowest BCUT2D eigenvalue weighted by atomic mass is 10.2. The maximum absolute atomic E-state index is 11.7. The van der Waals surface area contributed by atoms with Crippen LogP contribution < -0.4 is 10.6 Å². The Bertz CT molecular complexity index is 435. The molecule has 1 rings (SSSR count). The van der Waals surface area contributed by atoms with Gasteiger partial charge in [0, 0.05) is 18.9 Å². The standard InChI is InChI=1S/C12H16ClN3O2/c1-8(2)5-15-11(17)7-16-12(18)9-6-14-4-3-10(9)13/h3-4,6,8H,5,7H2,1-2H3,(H,15,17)(H,16,18). The molecule has 0 radical (unpaired) electrons. The molecule has 98 valence electrons. The van der Waals surface area contributed by atoms with Gasteiger partial charge in [0.15, 0.2) is 0 Å². The molecule has 6 heteroatoms. The Morgan fingerprint density at radius 3 is 2.72 bits per heavy atom. The fraction of sp³-hybridized carbons (Fsp3) is 0.417. The van der Waals surface area contributed by atoms with Gasteiger partial charge in [0.25, 0.3) is 5.91 Å². The summed E-state index contributed by atoms with van der Waals surface area (Å²) in [6.07, 6.45) is 2.86. The lowest BCUT2D eigenvalue weighted by Gasteiger charge is -2.09. The van der Waals surface area contributed by atoms with E-state index in [0.717, 1.165) is 0 Å². The van der Waals surface area contributed by atoms with E-state index in [0.29, 0.717) is 17.5 Å². The largest absolute Gasteiger partial charge is 0.354 e. The van der Waals surface area contributed by atoms with Gasteiger partial charge < -0.3 is 10.6 Å². The first-order valence-corrected chi connectivity index (χ1v) is 6.03. The molecule has 0 bridgehead atoms. The molecule has 0 atom stereocenters. The Balaban J connectivity index is 2.42. The highest BCUT2D eigenvalue weighted by Crippen LogP contribution is 2.12. The molecule has 0 fully saturated rings. The van der Waals surface area contributed by atoms with E-state index < -0.39 is 5.91 Å². The van der Waals surface area contributed by atoms with Crippen LogP contribution in [0, 0.1) is 5.92 Å². The Kier molecular flexibility index (Phi) is 5.58. The number of pyridine rings is 1. The van der Waals surface area contributed by atoms with E-state index in [1.807, 2.05) is 13.8 Å². The number of carbonyl (C=O) groups excluding carboxylic acids is 2. The predicted molar refractivity (Wildman–Crippen MR) is 69.4 cm³/mol. The summed E-state index contributed by atoms with van der Waals surface area (Å²) in [6, 6.07) is 1.52. The number of amides is 2. The number of hydrogen-bond donors (Lipinski definition) is 2. The van der Waals surface area contributed by atoms with Crippen molar-refractivity contribution in [3.05, 3.63) is 29.0 Å². The summed E-state index contributed by atoms with van der Waals surface area (Å²) in [5, 5.41) is 5.50. The molecule has 18 heavy (non-hydrogen) atoms. The lowest BCUT2D eigenvalue weighted by molar-refractivity contribution is -0.120. The van der Waals surface area contributed by atoms with Crippen LogP contribution in [0.5, 0.6) is 0 Å². The van der Waals surface area contributed by atoms with Crippen molar-refractivity contribution < 1.29 is 9.59 Å². The third-order valence-electron chi connectivity index (χ3n) is 2.13. The quantitative estimate of drug-likeness (QED) is 0.845. The second-order valence-corrected chi connectivity index (χ2v) is 4.64. The van der Waals surface area contributed by atoms with Crippen molar-refractivity contribution in [1.29, 1.82) is 0 Å². The highest BCUT2D eigenvalue weighted by Gasteiger charge is 2.11. The van der Waals surface area contributed by atoms with Crippen molar-refractivity contribution in [2.75, 3.05) is 13.1 Å². The minimum atomic E-state index is -0.409. The molecular formula is C12H16ClN3O2. The SMILES string of the molecule is CC(C)CNC(=O)CNC(=O)c1cnccc1Cl. The van der Waals surface area contributed by atoms with Crippen molar-refractivity contribution in [3.8, 4) is 0 Å². The lowest BCUT2D eigenvalue weighted by Crippen LogP contribution is -2.38. The molecule has 0 aliphatic carbocycles. The molecule has 0 unspecified atom stereocenters. The number of aromatic nitrogens is 1. The molecule has 1 heterocycles. The summed E-state index contributed by atoms with van der Waals surface area (Å²) in [6.45, 7) is 4.50. The molecule has 1 aromatic heterocycles. The van der Waals surface area contributed by atoms with Crippen molar-refractivity contribution in [1.82, 2.24) is 15.6 Å². The first-order chi connectivity index (χ1) is 8.50. The summed E-state index contributed by atoms with van der Waals surface area (Å²) in [5.74, 6) is -0.262. The van der Waals surface area contributed by atoms with Gasteiger partial charge >= 0.3 is 0 Å². The van der Waals surface area contributed by atoms with Gasteiger partial charge in [-0.1, -0.05) is 25.4 Å². The Morgan fingerprint density at radius 1 is 1.39 bits per heavy atom. The number of rotatable bonds is 5. The van der Waals surface area contributed by atoms with E-state index in [9.17, 15) is 9.59 Å². The Labute approximate surface area is 111 Å². The van der Waals surface area contributed by atoms with Crippen molar-refractivity contribution >= 4 is 23.4 Å². The van der Waals surface area contributed by atoms with Crippen LogP contribution in [0.3, 0.4) is 0 Å². The molecular weight excluding hydrogens is 254 g/mol. The second kappa shape index (κ2) is 6.96. The molecule has 0 aromatic carbocycles. The van der Waals surface area contributed by atoms with Crippen LogP contribution in [-0.4, -0.2) is 29.9 Å². The number of nitrogens with zero attached hydrogens (tertiary/aromatic N) is 1. The predicted octanol–water partition coefficient (Wildman–Crippen LogP) is 1.24. The molecule has 0 spiro atoms. The van der Waals surface area contributed by atoms with Gasteiger partial charge in [-0.2, -0.15) is 0 Å². The molecule has 0 saturated heterocycles. The van der Waals surface area contributed by atoms with Gasteiger partial charge in [0.05, 0.1) is 17.1 Å². The highest BCUT2D eigenvalue weighted by molar-refractivity contribution is 6.33. The maximum Gasteiger partial charge on any atom is 0.254 e. The number of halogens is 1. The fourth-order valence-corrected chi connectivity index (χ4v) is 1.37. The summed E-state index contributed by atoms with van der Waals surface area (Å²) in [7, 11) is 0. The monoisotopic (exact) mass is 269 g/mol. The zero-order valence-electron chi connectivity index (χ0n) is 10.4. The maximum atomic E-state index is 11.7. The van der Waals surface area contributed by atoms with Crippen LogP contribution in [0.2, 0.25) is 5.02 Å². The summed E-state index contributed by atoms with van der Waals surface area (Å²) < 4.78 is 0. The first kappa shape index (κ1) is 14.4.